The van der Waals surface area contributed by atoms with Crippen molar-refractivity contribution in [2.24, 2.45) is 0 Å². The summed E-state index contributed by atoms with van der Waals surface area (Å²) in [5.74, 6) is 2.38. The lowest BCUT2D eigenvalue weighted by molar-refractivity contribution is 0.774. The van der Waals surface area contributed by atoms with Gasteiger partial charge in [0.05, 0.1) is 0 Å². The maximum atomic E-state index is 11.8. The topological polar surface area (TPSA) is 0 Å². The third-order valence-corrected chi connectivity index (χ3v) is 2.10. The Labute approximate surface area is 82.4 Å². The average Bonchev–Trinajstić information content (AvgIpc) is 2.19. The molecule has 2 rings (SSSR count). The minimum Gasteiger partial charge on any atom is -0.144 e. The highest BCUT2D eigenvalue weighted by Crippen LogP contribution is 2.17. The largest absolute Gasteiger partial charge is 0.144 e. The van der Waals surface area contributed by atoms with Crippen molar-refractivity contribution in [1.82, 2.24) is 0 Å². The second-order valence-electron chi connectivity index (χ2n) is 3.12. The van der Waals surface area contributed by atoms with Gasteiger partial charge in [-0.05, 0) is 41.3 Å². The SMILES string of the molecule is [CH2]c1ccc2cc(C#CF)ccc2c1. The van der Waals surface area contributed by atoms with Crippen LogP contribution >= 0.6 is 0 Å². The van der Waals surface area contributed by atoms with Crippen LogP contribution in [0.25, 0.3) is 10.8 Å². The minimum atomic E-state index is 0.691. The van der Waals surface area contributed by atoms with E-state index in [9.17, 15) is 4.39 Å². The molecule has 0 amide bonds. The first-order valence-corrected chi connectivity index (χ1v) is 4.27. The second kappa shape index (κ2) is 3.51. The minimum absolute atomic E-state index is 0.691. The lowest BCUT2D eigenvalue weighted by Crippen LogP contribution is -1.78. The maximum Gasteiger partial charge on any atom is 0.111 e. The van der Waals surface area contributed by atoms with Crippen LogP contribution in [0.15, 0.2) is 36.4 Å². The van der Waals surface area contributed by atoms with Crippen molar-refractivity contribution in [2.75, 3.05) is 0 Å². The molecule has 0 saturated carbocycles. The summed E-state index contributed by atoms with van der Waals surface area (Å²) >= 11 is 0. The number of benzene rings is 2. The normalized spacial score (nSPS) is 9.57. The van der Waals surface area contributed by atoms with Crippen molar-refractivity contribution in [3.05, 3.63) is 54.4 Å². The van der Waals surface area contributed by atoms with Gasteiger partial charge in [0.15, 0.2) is 0 Å². The molecule has 0 aliphatic heterocycles. The highest BCUT2D eigenvalue weighted by molar-refractivity contribution is 5.84. The van der Waals surface area contributed by atoms with Crippen LogP contribution in [0.2, 0.25) is 0 Å². The summed E-state index contributed by atoms with van der Waals surface area (Å²) in [7, 11) is 0. The number of fused-ring (bicyclic) bond motifs is 1. The van der Waals surface area contributed by atoms with Gasteiger partial charge in [0.1, 0.15) is 6.17 Å². The van der Waals surface area contributed by atoms with E-state index in [0.717, 1.165) is 16.3 Å². The van der Waals surface area contributed by atoms with Crippen LogP contribution in [0.3, 0.4) is 0 Å². The molecule has 0 saturated heterocycles. The zero-order chi connectivity index (χ0) is 9.97. The fourth-order valence-corrected chi connectivity index (χ4v) is 1.43. The van der Waals surface area contributed by atoms with Crippen LogP contribution in [0.5, 0.6) is 0 Å². The smallest absolute Gasteiger partial charge is 0.111 e. The third kappa shape index (κ3) is 1.60. The summed E-state index contributed by atoms with van der Waals surface area (Å²) in [4.78, 5) is 0. The number of hydrogen-bond donors (Lipinski definition) is 0. The Balaban J connectivity index is 2.65. The van der Waals surface area contributed by atoms with Gasteiger partial charge >= 0.3 is 0 Å². The molecule has 0 fully saturated rings. The molecule has 0 unspecified atom stereocenters. The predicted molar refractivity (Wildman–Crippen MR) is 56.4 cm³/mol. The van der Waals surface area contributed by atoms with Gasteiger partial charge in [0, 0.05) is 5.56 Å². The van der Waals surface area contributed by atoms with Crippen molar-refractivity contribution in [3.63, 3.8) is 0 Å². The van der Waals surface area contributed by atoms with Gasteiger partial charge in [0.2, 0.25) is 0 Å². The van der Waals surface area contributed by atoms with E-state index < -0.39 is 0 Å². The van der Waals surface area contributed by atoms with Gasteiger partial charge in [-0.3, -0.25) is 0 Å². The van der Waals surface area contributed by atoms with E-state index in [1.165, 1.54) is 6.17 Å². The molecule has 14 heavy (non-hydrogen) atoms. The van der Waals surface area contributed by atoms with Crippen LogP contribution in [0, 0.1) is 19.0 Å². The monoisotopic (exact) mass is 183 g/mol. The predicted octanol–water partition coefficient (Wildman–Crippen LogP) is 3.30. The molecule has 67 valence electrons. The first-order valence-electron chi connectivity index (χ1n) is 4.27. The fourth-order valence-electron chi connectivity index (χ4n) is 1.43. The zero-order valence-corrected chi connectivity index (χ0v) is 7.55. The summed E-state index contributed by atoms with van der Waals surface area (Å²) in [5.41, 5.74) is 1.67. The fraction of sp³-hybridized carbons (Fsp3) is 0. The van der Waals surface area contributed by atoms with E-state index in [1.54, 1.807) is 6.07 Å². The van der Waals surface area contributed by atoms with Crippen LogP contribution in [-0.2, 0) is 0 Å². The maximum absolute atomic E-state index is 11.8. The second-order valence-corrected chi connectivity index (χ2v) is 3.12. The van der Waals surface area contributed by atoms with Gasteiger partial charge in [-0.25, -0.2) is 0 Å². The molecule has 0 aliphatic carbocycles. The van der Waals surface area contributed by atoms with E-state index in [-0.39, 0.29) is 0 Å². The van der Waals surface area contributed by atoms with E-state index in [1.807, 2.05) is 30.3 Å². The molecule has 1 heteroatoms. The molecule has 0 aromatic heterocycles. The summed E-state index contributed by atoms with van der Waals surface area (Å²) in [6.07, 6.45) is 1.40. The molecule has 0 spiro atoms. The first kappa shape index (κ1) is 8.77. The van der Waals surface area contributed by atoms with E-state index in [4.69, 9.17) is 0 Å². The van der Waals surface area contributed by atoms with Gasteiger partial charge in [-0.2, -0.15) is 0 Å². The summed E-state index contributed by atoms with van der Waals surface area (Å²) in [5, 5.41) is 2.15. The molecular formula is C13H8F. The average molecular weight is 183 g/mol. The van der Waals surface area contributed by atoms with Crippen LogP contribution < -0.4 is 0 Å². The van der Waals surface area contributed by atoms with E-state index in [2.05, 4.69) is 12.8 Å². The summed E-state index contributed by atoms with van der Waals surface area (Å²) in [6, 6.07) is 11.5. The quantitative estimate of drug-likeness (QED) is 0.550. The van der Waals surface area contributed by atoms with Crippen molar-refractivity contribution in [2.45, 2.75) is 0 Å². The Morgan fingerprint density at radius 3 is 2.50 bits per heavy atom. The zero-order valence-electron chi connectivity index (χ0n) is 7.55. The van der Waals surface area contributed by atoms with Gasteiger partial charge in [-0.1, -0.05) is 24.3 Å². The molecule has 2 aromatic rings. The number of rotatable bonds is 0. The Morgan fingerprint density at radius 1 is 1.00 bits per heavy atom. The molecule has 0 nitrogen and oxygen atoms in total. The third-order valence-electron chi connectivity index (χ3n) is 2.10. The molecule has 0 N–H and O–H groups in total. The molecule has 0 heterocycles. The van der Waals surface area contributed by atoms with Crippen LogP contribution in [0.1, 0.15) is 11.1 Å². The molecular weight excluding hydrogens is 175 g/mol. The summed E-state index contributed by atoms with van der Waals surface area (Å²) in [6.45, 7) is 3.84. The van der Waals surface area contributed by atoms with E-state index >= 15 is 0 Å². The van der Waals surface area contributed by atoms with Crippen LogP contribution in [-0.4, -0.2) is 0 Å². The van der Waals surface area contributed by atoms with E-state index in [0.29, 0.717) is 5.56 Å². The Hall–Kier alpha value is -1.81. The molecule has 2 aromatic carbocycles. The molecule has 0 bridgehead atoms. The van der Waals surface area contributed by atoms with Crippen molar-refractivity contribution in [1.29, 1.82) is 0 Å². The Bertz CT molecular complexity index is 530. The standard InChI is InChI=1S/C13H8F/c1-10-2-4-13-9-11(6-7-14)3-5-12(13)8-10/h2-5,8-9H,1H2. The van der Waals surface area contributed by atoms with Gasteiger partial charge in [-0.15, -0.1) is 4.39 Å². The van der Waals surface area contributed by atoms with Crippen molar-refractivity contribution < 1.29 is 4.39 Å². The lowest BCUT2D eigenvalue weighted by atomic mass is 10.1. The van der Waals surface area contributed by atoms with Crippen molar-refractivity contribution in [3.8, 4) is 12.1 Å². The van der Waals surface area contributed by atoms with Gasteiger partial charge < -0.3 is 0 Å². The number of hydrogen-bond acceptors (Lipinski definition) is 0. The molecule has 0 atom stereocenters. The summed E-state index contributed by atoms with van der Waals surface area (Å²) < 4.78 is 11.8. The van der Waals surface area contributed by atoms with Crippen molar-refractivity contribution >= 4 is 10.8 Å². The highest BCUT2D eigenvalue weighted by atomic mass is 19.1. The van der Waals surface area contributed by atoms with Gasteiger partial charge in [0.25, 0.3) is 0 Å². The Morgan fingerprint density at radius 2 is 1.71 bits per heavy atom. The first-order chi connectivity index (χ1) is 6.79. The Kier molecular flexibility index (Phi) is 2.20. The van der Waals surface area contributed by atoms with Crippen LogP contribution in [0.4, 0.5) is 4.39 Å². The highest BCUT2D eigenvalue weighted by Gasteiger charge is 1.94. The number of halogens is 1. The molecule has 0 aliphatic rings. The molecule has 1 radical (unpaired) electrons. The lowest BCUT2D eigenvalue weighted by Gasteiger charge is -1.99.